The van der Waals surface area contributed by atoms with E-state index in [1.807, 2.05) is 60.5 Å². The lowest BCUT2D eigenvalue weighted by atomic mass is 9.99. The number of aromatic nitrogens is 4. The Morgan fingerprint density at radius 1 is 1.05 bits per heavy atom. The number of nitrogens with two attached hydrogens (primary N) is 1. The van der Waals surface area contributed by atoms with E-state index in [9.17, 15) is 9.59 Å². The van der Waals surface area contributed by atoms with Crippen molar-refractivity contribution >= 4 is 34.3 Å². The molecule has 0 saturated carbocycles. The standard InChI is InChI=1S/C30H33N7O2/c1-4-11-36(12-5-2)29(38)24-15-23-7-6-21(16-26(23)33-27(31)17-24)20-8-9-25-22(14-20)10-13-37(30(25)39)18-28-34-32-19-35(28)3/h6-10,13-16,19H,4-5,11-12,17-18H2,1-3H3,(H2,31,33). The molecule has 9 nitrogen and oxygen atoms in total. The Labute approximate surface area is 227 Å². The number of nitrogens with zero attached hydrogens (tertiary/aromatic N) is 6. The van der Waals surface area contributed by atoms with Crippen LogP contribution >= 0.6 is 0 Å². The Bertz CT molecular complexity index is 1660. The Morgan fingerprint density at radius 3 is 2.51 bits per heavy atom. The van der Waals surface area contributed by atoms with E-state index in [-0.39, 0.29) is 11.5 Å². The maximum atomic E-state index is 13.3. The van der Waals surface area contributed by atoms with Crippen molar-refractivity contribution in [2.45, 2.75) is 39.7 Å². The highest BCUT2D eigenvalue weighted by Crippen LogP contribution is 2.33. The lowest BCUT2D eigenvalue weighted by Gasteiger charge is -2.22. The zero-order chi connectivity index (χ0) is 27.5. The molecule has 39 heavy (non-hydrogen) atoms. The van der Waals surface area contributed by atoms with Gasteiger partial charge in [0, 0.05) is 49.3 Å². The Morgan fingerprint density at radius 2 is 1.79 bits per heavy atom. The lowest BCUT2D eigenvalue weighted by molar-refractivity contribution is -0.127. The number of aliphatic imine (C=N–C) groups is 1. The fourth-order valence-electron chi connectivity index (χ4n) is 4.96. The van der Waals surface area contributed by atoms with Gasteiger partial charge in [0.15, 0.2) is 5.82 Å². The van der Waals surface area contributed by atoms with Gasteiger partial charge in [-0.3, -0.25) is 9.59 Å². The molecule has 4 aromatic rings. The number of carbonyl (C=O) groups excluding carboxylic acids is 1. The van der Waals surface area contributed by atoms with Crippen molar-refractivity contribution in [3.63, 3.8) is 0 Å². The summed E-state index contributed by atoms with van der Waals surface area (Å²) in [6.45, 7) is 5.95. The smallest absolute Gasteiger partial charge is 0.258 e. The van der Waals surface area contributed by atoms with Crippen LogP contribution in [0.4, 0.5) is 5.69 Å². The van der Waals surface area contributed by atoms with E-state index in [0.717, 1.165) is 53.7 Å². The van der Waals surface area contributed by atoms with Crippen LogP contribution in [0.3, 0.4) is 0 Å². The number of aryl methyl sites for hydroxylation is 1. The van der Waals surface area contributed by atoms with Crippen LogP contribution in [-0.2, 0) is 18.4 Å². The number of pyridine rings is 1. The van der Waals surface area contributed by atoms with E-state index in [4.69, 9.17) is 5.73 Å². The van der Waals surface area contributed by atoms with Crippen LogP contribution in [0.25, 0.3) is 28.0 Å². The molecule has 2 N–H and O–H groups in total. The largest absolute Gasteiger partial charge is 0.387 e. The summed E-state index contributed by atoms with van der Waals surface area (Å²) < 4.78 is 3.44. The summed E-state index contributed by atoms with van der Waals surface area (Å²) in [5.74, 6) is 1.15. The number of amidine groups is 1. The second-order valence-corrected chi connectivity index (χ2v) is 9.92. The van der Waals surface area contributed by atoms with E-state index in [1.54, 1.807) is 21.7 Å². The predicted molar refractivity (Wildman–Crippen MR) is 155 cm³/mol. The molecule has 0 unspecified atom stereocenters. The molecular formula is C30H33N7O2. The zero-order valence-electron chi connectivity index (χ0n) is 22.6. The number of amides is 1. The maximum Gasteiger partial charge on any atom is 0.258 e. The average Bonchev–Trinajstić information content (AvgIpc) is 3.25. The number of hydrogen-bond acceptors (Lipinski definition) is 6. The van der Waals surface area contributed by atoms with Crippen LogP contribution < -0.4 is 11.3 Å². The van der Waals surface area contributed by atoms with Gasteiger partial charge < -0.3 is 19.8 Å². The Hall–Kier alpha value is -4.53. The molecule has 0 spiro atoms. The van der Waals surface area contributed by atoms with E-state index in [2.05, 4.69) is 29.0 Å². The van der Waals surface area contributed by atoms with Gasteiger partial charge in [-0.25, -0.2) is 4.99 Å². The molecule has 3 heterocycles. The van der Waals surface area contributed by atoms with Crippen molar-refractivity contribution in [2.75, 3.05) is 13.1 Å². The summed E-state index contributed by atoms with van der Waals surface area (Å²) in [5.41, 5.74) is 10.4. The molecule has 5 rings (SSSR count). The minimum Gasteiger partial charge on any atom is -0.387 e. The van der Waals surface area contributed by atoms with Gasteiger partial charge in [-0.2, -0.15) is 0 Å². The van der Waals surface area contributed by atoms with Gasteiger partial charge in [-0.15, -0.1) is 10.2 Å². The molecule has 0 bridgehead atoms. The third-order valence-corrected chi connectivity index (χ3v) is 6.97. The highest BCUT2D eigenvalue weighted by molar-refractivity contribution is 6.05. The van der Waals surface area contributed by atoms with E-state index in [1.165, 1.54) is 0 Å². The molecule has 0 atom stereocenters. The van der Waals surface area contributed by atoms with Gasteiger partial charge in [0.05, 0.1) is 12.2 Å². The first kappa shape index (κ1) is 26.1. The Balaban J connectivity index is 1.46. The van der Waals surface area contributed by atoms with E-state index in [0.29, 0.717) is 35.6 Å². The third kappa shape index (κ3) is 5.38. The number of carbonyl (C=O) groups is 1. The number of fused-ring (bicyclic) bond motifs is 2. The molecule has 1 amide bonds. The van der Waals surface area contributed by atoms with Gasteiger partial charge in [0.2, 0.25) is 5.91 Å². The molecular weight excluding hydrogens is 490 g/mol. The normalized spacial score (nSPS) is 13.0. The first-order valence-electron chi connectivity index (χ1n) is 13.3. The molecule has 9 heteroatoms. The van der Waals surface area contributed by atoms with Crippen LogP contribution in [0.2, 0.25) is 0 Å². The number of hydrogen-bond donors (Lipinski definition) is 1. The molecule has 2 aromatic heterocycles. The van der Waals surface area contributed by atoms with Crippen molar-refractivity contribution in [2.24, 2.45) is 17.8 Å². The van der Waals surface area contributed by atoms with Crippen molar-refractivity contribution < 1.29 is 4.79 Å². The maximum absolute atomic E-state index is 13.3. The quantitative estimate of drug-likeness (QED) is 0.371. The Kier molecular flexibility index (Phi) is 7.40. The number of benzene rings is 2. The first-order valence-corrected chi connectivity index (χ1v) is 13.3. The zero-order valence-corrected chi connectivity index (χ0v) is 22.6. The van der Waals surface area contributed by atoms with Crippen LogP contribution in [0.5, 0.6) is 0 Å². The summed E-state index contributed by atoms with van der Waals surface area (Å²) in [5, 5.41) is 9.46. The van der Waals surface area contributed by atoms with Crippen molar-refractivity contribution in [3.8, 4) is 11.1 Å². The second-order valence-electron chi connectivity index (χ2n) is 9.92. The SMILES string of the molecule is CCCN(CCC)C(=O)C1=Cc2ccc(-c3ccc4c(=O)n(Cc5nncn5C)ccc4c3)cc2N=C(N)C1. The van der Waals surface area contributed by atoms with Crippen molar-refractivity contribution in [1.82, 2.24) is 24.2 Å². The van der Waals surface area contributed by atoms with E-state index < -0.39 is 0 Å². The minimum absolute atomic E-state index is 0.0214. The molecule has 0 fully saturated rings. The van der Waals surface area contributed by atoms with Gasteiger partial charge in [-0.05, 0) is 59.7 Å². The van der Waals surface area contributed by atoms with Gasteiger partial charge in [0.1, 0.15) is 12.2 Å². The molecule has 200 valence electrons. The van der Waals surface area contributed by atoms with Crippen LogP contribution in [0.15, 0.2) is 70.3 Å². The molecule has 0 saturated heterocycles. The summed E-state index contributed by atoms with van der Waals surface area (Å²) in [6.07, 6.45) is 7.46. The summed E-state index contributed by atoms with van der Waals surface area (Å²) in [6, 6.07) is 13.7. The van der Waals surface area contributed by atoms with Gasteiger partial charge in [0.25, 0.3) is 5.56 Å². The topological polar surface area (TPSA) is 111 Å². The third-order valence-electron chi connectivity index (χ3n) is 6.97. The molecule has 0 aliphatic carbocycles. The monoisotopic (exact) mass is 523 g/mol. The fourth-order valence-corrected chi connectivity index (χ4v) is 4.96. The van der Waals surface area contributed by atoms with Crippen LogP contribution in [-0.4, -0.2) is 49.1 Å². The highest BCUT2D eigenvalue weighted by Gasteiger charge is 2.21. The molecule has 0 radical (unpaired) electrons. The van der Waals surface area contributed by atoms with Crippen LogP contribution in [0, 0.1) is 0 Å². The summed E-state index contributed by atoms with van der Waals surface area (Å²) >= 11 is 0. The molecule has 2 aromatic carbocycles. The summed E-state index contributed by atoms with van der Waals surface area (Å²) in [7, 11) is 1.86. The average molecular weight is 524 g/mol. The van der Waals surface area contributed by atoms with Crippen molar-refractivity contribution in [1.29, 1.82) is 0 Å². The molecule has 1 aliphatic rings. The fraction of sp³-hybridized carbons (Fsp3) is 0.300. The number of rotatable bonds is 8. The summed E-state index contributed by atoms with van der Waals surface area (Å²) in [4.78, 5) is 32.9. The second kappa shape index (κ2) is 11.1. The highest BCUT2D eigenvalue weighted by atomic mass is 16.2. The predicted octanol–water partition coefficient (Wildman–Crippen LogP) is 4.27. The van der Waals surface area contributed by atoms with Crippen molar-refractivity contribution in [3.05, 3.63) is 82.3 Å². The van der Waals surface area contributed by atoms with Gasteiger partial charge in [-0.1, -0.05) is 32.0 Å². The minimum atomic E-state index is -0.0797. The lowest BCUT2D eigenvalue weighted by Crippen LogP contribution is -2.34. The van der Waals surface area contributed by atoms with Crippen LogP contribution in [0.1, 0.15) is 44.5 Å². The molecule has 1 aliphatic heterocycles. The first-order chi connectivity index (χ1) is 18.9. The van der Waals surface area contributed by atoms with Gasteiger partial charge >= 0.3 is 0 Å². The van der Waals surface area contributed by atoms with E-state index >= 15 is 0 Å².